The topological polar surface area (TPSA) is 91.4 Å². The lowest BCUT2D eigenvalue weighted by molar-refractivity contribution is -0.129. The molecule has 0 saturated carbocycles. The number of nitrogens with one attached hydrogen (secondary N) is 2. The molecule has 7 nitrogen and oxygen atoms in total. The zero-order valence-corrected chi connectivity index (χ0v) is 17.6. The van der Waals surface area contributed by atoms with Crippen LogP contribution in [0.25, 0.3) is 6.08 Å². The molecule has 1 aromatic heterocycles. The van der Waals surface area contributed by atoms with Crippen molar-refractivity contribution in [1.29, 1.82) is 0 Å². The van der Waals surface area contributed by atoms with E-state index in [1.54, 1.807) is 18.2 Å². The molecule has 0 atom stereocenters. The molecule has 1 aliphatic heterocycles. The molecular formula is C21H18N4O3S2. The predicted octanol–water partition coefficient (Wildman–Crippen LogP) is 2.69. The average molecular weight is 439 g/mol. The van der Waals surface area contributed by atoms with Crippen molar-refractivity contribution in [2.24, 2.45) is 0 Å². The molecule has 0 spiro atoms. The quantitative estimate of drug-likeness (QED) is 0.424. The van der Waals surface area contributed by atoms with Gasteiger partial charge in [-0.15, -0.1) is 0 Å². The molecule has 1 aromatic carbocycles. The lowest BCUT2D eigenvalue weighted by Gasteiger charge is -2.14. The number of benzene rings is 1. The summed E-state index contributed by atoms with van der Waals surface area (Å²) >= 11 is 6.38. The van der Waals surface area contributed by atoms with Crippen LogP contribution in [-0.4, -0.2) is 38.5 Å². The molecule has 0 radical (unpaired) electrons. The lowest BCUT2D eigenvalue weighted by Crippen LogP contribution is -2.47. The minimum atomic E-state index is -0.568. The molecule has 2 heterocycles. The Morgan fingerprint density at radius 3 is 2.63 bits per heavy atom. The summed E-state index contributed by atoms with van der Waals surface area (Å²) in [6, 6.07) is 12.9. The van der Waals surface area contributed by atoms with Crippen LogP contribution >= 0.6 is 24.0 Å². The monoisotopic (exact) mass is 438 g/mol. The number of nitrogens with zero attached hydrogens (tertiary/aromatic N) is 2. The number of carbonyl (C=O) groups excluding carboxylic acids is 3. The number of rotatable bonds is 5. The van der Waals surface area contributed by atoms with E-state index < -0.39 is 11.8 Å². The summed E-state index contributed by atoms with van der Waals surface area (Å²) in [4.78, 5) is 42.2. The summed E-state index contributed by atoms with van der Waals surface area (Å²) in [6.45, 7) is 1.59. The third-order valence-corrected chi connectivity index (χ3v) is 5.34. The molecule has 1 fully saturated rings. The highest BCUT2D eigenvalue weighted by atomic mass is 32.2. The first-order valence-electron chi connectivity index (χ1n) is 8.92. The lowest BCUT2D eigenvalue weighted by atomic mass is 10.1. The second-order valence-electron chi connectivity index (χ2n) is 6.31. The van der Waals surface area contributed by atoms with Crippen LogP contribution in [-0.2, 0) is 9.59 Å². The van der Waals surface area contributed by atoms with E-state index in [2.05, 4.69) is 15.8 Å². The number of hydrogen-bond donors (Lipinski definition) is 2. The molecule has 1 aliphatic rings. The number of pyridine rings is 1. The van der Waals surface area contributed by atoms with E-state index in [9.17, 15) is 14.4 Å². The van der Waals surface area contributed by atoms with Crippen molar-refractivity contribution in [3.05, 3.63) is 82.5 Å². The third kappa shape index (κ3) is 5.62. The fourth-order valence-electron chi connectivity index (χ4n) is 2.58. The van der Waals surface area contributed by atoms with Gasteiger partial charge in [-0.3, -0.25) is 35.1 Å². The highest BCUT2D eigenvalue weighted by molar-refractivity contribution is 8.26. The van der Waals surface area contributed by atoms with Crippen LogP contribution < -0.4 is 10.9 Å². The molecule has 1 saturated heterocycles. The molecule has 0 bridgehead atoms. The summed E-state index contributed by atoms with van der Waals surface area (Å²) in [5.74, 6) is -1.43. The second kappa shape index (κ2) is 9.95. The summed E-state index contributed by atoms with van der Waals surface area (Å²) in [7, 11) is 0. The van der Waals surface area contributed by atoms with Gasteiger partial charge in [0.2, 0.25) is 0 Å². The smallest absolute Gasteiger partial charge is 0.271 e. The molecule has 152 valence electrons. The van der Waals surface area contributed by atoms with E-state index in [1.807, 2.05) is 43.3 Å². The highest BCUT2D eigenvalue weighted by Crippen LogP contribution is 2.31. The minimum absolute atomic E-state index is 0.285. The SMILES string of the molecule is CC(=Cc1ccccc1)C=C1SC(=S)N(CC(=O)NNC(=O)c2cccnc2)C1=O. The van der Waals surface area contributed by atoms with E-state index >= 15 is 0 Å². The van der Waals surface area contributed by atoms with Crippen molar-refractivity contribution in [3.8, 4) is 0 Å². The van der Waals surface area contributed by atoms with Crippen molar-refractivity contribution < 1.29 is 14.4 Å². The standard InChI is InChI=1S/C21H18N4O3S2/c1-14(10-15-6-3-2-4-7-15)11-17-20(28)25(21(29)30-17)13-18(26)23-24-19(27)16-8-5-9-22-12-16/h2-12H,13H2,1H3,(H,23,26)(H,24,27). The Hall–Kier alpha value is -3.30. The van der Waals surface area contributed by atoms with Gasteiger partial charge in [0.15, 0.2) is 0 Å². The zero-order valence-electron chi connectivity index (χ0n) is 16.0. The van der Waals surface area contributed by atoms with Crippen LogP contribution in [0.4, 0.5) is 0 Å². The summed E-state index contributed by atoms with van der Waals surface area (Å²) in [5.41, 5.74) is 6.76. The van der Waals surface area contributed by atoms with E-state index in [0.717, 1.165) is 22.9 Å². The maximum absolute atomic E-state index is 12.6. The van der Waals surface area contributed by atoms with Crippen molar-refractivity contribution in [2.75, 3.05) is 6.54 Å². The van der Waals surface area contributed by atoms with Crippen LogP contribution in [0.5, 0.6) is 0 Å². The third-order valence-electron chi connectivity index (χ3n) is 3.97. The van der Waals surface area contributed by atoms with Gasteiger partial charge >= 0.3 is 0 Å². The Labute approximate surface area is 183 Å². The van der Waals surface area contributed by atoms with E-state index in [-0.39, 0.29) is 16.8 Å². The van der Waals surface area contributed by atoms with Gasteiger partial charge in [0.1, 0.15) is 10.9 Å². The van der Waals surface area contributed by atoms with Crippen molar-refractivity contribution in [1.82, 2.24) is 20.7 Å². The van der Waals surface area contributed by atoms with E-state index in [1.165, 1.54) is 17.3 Å². The van der Waals surface area contributed by atoms with Gasteiger partial charge in [0.05, 0.1) is 10.5 Å². The number of carbonyl (C=O) groups is 3. The Kier molecular flexibility index (Phi) is 7.10. The van der Waals surface area contributed by atoms with Gasteiger partial charge in [-0.2, -0.15) is 0 Å². The number of thiocarbonyl (C=S) groups is 1. The van der Waals surface area contributed by atoms with Crippen molar-refractivity contribution >= 4 is 52.1 Å². The number of aromatic nitrogens is 1. The average Bonchev–Trinajstić information content (AvgIpc) is 3.00. The first-order chi connectivity index (χ1) is 14.4. The van der Waals surface area contributed by atoms with Gasteiger partial charge in [-0.05, 0) is 36.3 Å². The van der Waals surface area contributed by atoms with Gasteiger partial charge < -0.3 is 0 Å². The van der Waals surface area contributed by atoms with Crippen LogP contribution in [0.15, 0.2) is 71.4 Å². The molecule has 9 heteroatoms. The Balaban J connectivity index is 1.58. The van der Waals surface area contributed by atoms with E-state index in [4.69, 9.17) is 12.2 Å². The van der Waals surface area contributed by atoms with Crippen LogP contribution in [0.1, 0.15) is 22.8 Å². The maximum Gasteiger partial charge on any atom is 0.271 e. The maximum atomic E-state index is 12.6. The molecule has 2 aromatic rings. The summed E-state index contributed by atoms with van der Waals surface area (Å²) in [5, 5.41) is 0. The van der Waals surface area contributed by atoms with Gasteiger partial charge in [-0.1, -0.05) is 60.4 Å². The first-order valence-corrected chi connectivity index (χ1v) is 10.1. The van der Waals surface area contributed by atoms with Crippen LogP contribution in [0.3, 0.4) is 0 Å². The molecule has 3 amide bonds. The van der Waals surface area contributed by atoms with Crippen molar-refractivity contribution in [2.45, 2.75) is 6.92 Å². The molecule has 0 unspecified atom stereocenters. The molecule has 2 N–H and O–H groups in total. The summed E-state index contributed by atoms with van der Waals surface area (Å²) < 4.78 is 0.285. The number of thioether (sulfide) groups is 1. The number of allylic oxidation sites excluding steroid dienone is 2. The number of hydrazine groups is 1. The molecule has 0 aliphatic carbocycles. The number of hydrogen-bond acceptors (Lipinski definition) is 6. The molecule has 3 rings (SSSR count). The predicted molar refractivity (Wildman–Crippen MR) is 120 cm³/mol. The molecule has 30 heavy (non-hydrogen) atoms. The van der Waals surface area contributed by atoms with E-state index in [0.29, 0.717) is 10.5 Å². The first kappa shape index (κ1) is 21.4. The number of amides is 3. The fraction of sp³-hybridized carbons (Fsp3) is 0.0952. The molecular weight excluding hydrogens is 420 g/mol. The van der Waals surface area contributed by atoms with Gasteiger partial charge in [-0.25, -0.2) is 0 Å². The fourth-order valence-corrected chi connectivity index (χ4v) is 3.88. The Bertz CT molecular complexity index is 1040. The highest BCUT2D eigenvalue weighted by Gasteiger charge is 2.33. The summed E-state index contributed by atoms with van der Waals surface area (Å²) in [6.07, 6.45) is 6.61. The van der Waals surface area contributed by atoms with Crippen LogP contribution in [0, 0.1) is 0 Å². The van der Waals surface area contributed by atoms with Gasteiger partial charge in [0, 0.05) is 12.4 Å². The largest absolute Gasteiger partial charge is 0.283 e. The van der Waals surface area contributed by atoms with Crippen LogP contribution in [0.2, 0.25) is 0 Å². The second-order valence-corrected chi connectivity index (χ2v) is 7.99. The zero-order chi connectivity index (χ0) is 21.5. The van der Waals surface area contributed by atoms with Crippen molar-refractivity contribution in [3.63, 3.8) is 0 Å². The van der Waals surface area contributed by atoms with Gasteiger partial charge in [0.25, 0.3) is 17.7 Å². The Morgan fingerprint density at radius 1 is 1.17 bits per heavy atom. The minimum Gasteiger partial charge on any atom is -0.283 e. The normalized spacial score (nSPS) is 15.4. The Morgan fingerprint density at radius 2 is 1.93 bits per heavy atom.